The lowest BCUT2D eigenvalue weighted by atomic mass is 10.1. The number of benzene rings is 2. The van der Waals surface area contributed by atoms with Crippen LogP contribution < -0.4 is 10.0 Å². The fraction of sp³-hybridized carbons (Fsp3) is 0.235. The van der Waals surface area contributed by atoms with Crippen LogP contribution in [0, 0.1) is 12.7 Å². The highest BCUT2D eigenvalue weighted by molar-refractivity contribution is 7.89. The number of sulfonamides is 1. The van der Waals surface area contributed by atoms with Gasteiger partial charge in [0, 0.05) is 5.69 Å². The quantitative estimate of drug-likeness (QED) is 0.841. The fourth-order valence-electron chi connectivity index (χ4n) is 2.13. The number of carbonyl (C=O) groups excluding carboxylic acids is 1. The number of amides is 1. The Morgan fingerprint density at radius 1 is 1.17 bits per heavy atom. The summed E-state index contributed by atoms with van der Waals surface area (Å²) in [6, 6.07) is 11.0. The zero-order chi connectivity index (χ0) is 17.7. The molecule has 0 atom stereocenters. The molecule has 128 valence electrons. The maximum Gasteiger partial charge on any atom is 0.243 e. The Morgan fingerprint density at radius 3 is 2.62 bits per heavy atom. The standard InChI is InChI=1S/C17H19FN2O3S/c1-3-13-5-4-6-14(10-13)20-17(21)11-19-24(22,23)16-9-12(2)7-8-15(16)18/h4-10,19H,3,11H2,1-2H3,(H,20,21). The predicted octanol–water partition coefficient (Wildman–Crippen LogP) is 2.61. The Hall–Kier alpha value is -2.25. The second kappa shape index (κ2) is 7.55. The topological polar surface area (TPSA) is 75.3 Å². The third-order valence-corrected chi connectivity index (χ3v) is 4.83. The number of aryl methyl sites for hydroxylation is 2. The number of nitrogens with one attached hydrogen (secondary N) is 2. The van der Waals surface area contributed by atoms with Crippen LogP contribution in [-0.2, 0) is 21.2 Å². The summed E-state index contributed by atoms with van der Waals surface area (Å²) in [7, 11) is -4.10. The van der Waals surface area contributed by atoms with Crippen LogP contribution in [0.4, 0.5) is 10.1 Å². The SMILES string of the molecule is CCc1cccc(NC(=O)CNS(=O)(=O)c2cc(C)ccc2F)c1. The van der Waals surface area contributed by atoms with Gasteiger partial charge in [0.25, 0.3) is 0 Å². The monoisotopic (exact) mass is 350 g/mol. The molecule has 0 saturated heterocycles. The molecule has 0 aliphatic heterocycles. The van der Waals surface area contributed by atoms with E-state index in [0.29, 0.717) is 11.3 Å². The molecule has 2 aromatic rings. The molecule has 7 heteroatoms. The number of hydrogen-bond acceptors (Lipinski definition) is 3. The highest BCUT2D eigenvalue weighted by atomic mass is 32.2. The normalized spacial score (nSPS) is 11.3. The first-order valence-electron chi connectivity index (χ1n) is 7.46. The van der Waals surface area contributed by atoms with E-state index in [0.717, 1.165) is 18.1 Å². The van der Waals surface area contributed by atoms with Gasteiger partial charge in [0.05, 0.1) is 6.54 Å². The molecule has 0 bridgehead atoms. The summed E-state index contributed by atoms with van der Waals surface area (Å²) in [4.78, 5) is 11.4. The van der Waals surface area contributed by atoms with Crippen LogP contribution in [-0.4, -0.2) is 20.9 Å². The van der Waals surface area contributed by atoms with Gasteiger partial charge in [0.1, 0.15) is 10.7 Å². The average Bonchev–Trinajstić information content (AvgIpc) is 2.55. The fourth-order valence-corrected chi connectivity index (χ4v) is 3.27. The van der Waals surface area contributed by atoms with Crippen molar-refractivity contribution >= 4 is 21.6 Å². The van der Waals surface area contributed by atoms with Gasteiger partial charge in [-0.05, 0) is 48.7 Å². The van der Waals surface area contributed by atoms with Crippen molar-refractivity contribution < 1.29 is 17.6 Å². The number of hydrogen-bond donors (Lipinski definition) is 2. The smallest absolute Gasteiger partial charge is 0.243 e. The van der Waals surface area contributed by atoms with Gasteiger partial charge in [-0.1, -0.05) is 25.1 Å². The lowest BCUT2D eigenvalue weighted by molar-refractivity contribution is -0.115. The Morgan fingerprint density at radius 2 is 1.92 bits per heavy atom. The van der Waals surface area contributed by atoms with Crippen molar-refractivity contribution in [3.8, 4) is 0 Å². The average molecular weight is 350 g/mol. The largest absolute Gasteiger partial charge is 0.325 e. The van der Waals surface area contributed by atoms with Gasteiger partial charge in [-0.2, -0.15) is 0 Å². The summed E-state index contributed by atoms with van der Waals surface area (Å²) in [6.45, 7) is 3.17. The minimum absolute atomic E-state index is 0.469. The summed E-state index contributed by atoms with van der Waals surface area (Å²) in [5, 5.41) is 2.61. The van der Waals surface area contributed by atoms with E-state index in [4.69, 9.17) is 0 Å². The molecule has 2 N–H and O–H groups in total. The highest BCUT2D eigenvalue weighted by Gasteiger charge is 2.20. The number of halogens is 1. The van der Waals surface area contributed by atoms with Crippen molar-refractivity contribution in [2.45, 2.75) is 25.2 Å². The van der Waals surface area contributed by atoms with E-state index in [1.54, 1.807) is 19.1 Å². The Bertz CT molecular complexity index is 851. The Kier molecular flexibility index (Phi) is 5.69. The van der Waals surface area contributed by atoms with Crippen molar-refractivity contribution in [2.24, 2.45) is 0 Å². The lowest BCUT2D eigenvalue weighted by Crippen LogP contribution is -2.33. The molecule has 0 fully saturated rings. The molecule has 0 saturated carbocycles. The van der Waals surface area contributed by atoms with E-state index >= 15 is 0 Å². The van der Waals surface area contributed by atoms with Crippen molar-refractivity contribution in [3.63, 3.8) is 0 Å². The molecule has 0 aliphatic rings. The Balaban J connectivity index is 2.03. The van der Waals surface area contributed by atoms with Gasteiger partial charge >= 0.3 is 0 Å². The minimum atomic E-state index is -4.10. The number of rotatable bonds is 6. The van der Waals surface area contributed by atoms with E-state index < -0.39 is 33.2 Å². The molecule has 0 aliphatic carbocycles. The second-order valence-corrected chi connectivity index (χ2v) is 7.10. The highest BCUT2D eigenvalue weighted by Crippen LogP contribution is 2.16. The molecule has 0 aromatic heterocycles. The van der Waals surface area contributed by atoms with E-state index in [2.05, 4.69) is 10.0 Å². The summed E-state index contributed by atoms with van der Waals surface area (Å²) < 4.78 is 40.1. The van der Waals surface area contributed by atoms with Gasteiger partial charge in [-0.25, -0.2) is 17.5 Å². The Labute approximate surface area is 141 Å². The molecule has 5 nitrogen and oxygen atoms in total. The van der Waals surface area contributed by atoms with Gasteiger partial charge in [0.15, 0.2) is 0 Å². The summed E-state index contributed by atoms with van der Waals surface area (Å²) in [5.74, 6) is -1.39. The van der Waals surface area contributed by atoms with Gasteiger partial charge in [-0.15, -0.1) is 0 Å². The van der Waals surface area contributed by atoms with Crippen LogP contribution in [0.5, 0.6) is 0 Å². The third-order valence-electron chi connectivity index (χ3n) is 3.42. The molecule has 2 rings (SSSR count). The molecule has 0 unspecified atom stereocenters. The molecule has 2 aromatic carbocycles. The number of anilines is 1. The second-order valence-electron chi connectivity index (χ2n) is 5.36. The zero-order valence-corrected chi connectivity index (χ0v) is 14.3. The van der Waals surface area contributed by atoms with Crippen molar-refractivity contribution in [3.05, 3.63) is 59.4 Å². The molecule has 0 radical (unpaired) electrons. The predicted molar refractivity (Wildman–Crippen MR) is 90.8 cm³/mol. The maximum absolute atomic E-state index is 13.7. The van der Waals surface area contributed by atoms with Crippen LogP contribution in [0.3, 0.4) is 0 Å². The molecule has 0 heterocycles. The van der Waals surface area contributed by atoms with Crippen molar-refractivity contribution in [1.29, 1.82) is 0 Å². The maximum atomic E-state index is 13.7. The van der Waals surface area contributed by atoms with Gasteiger partial charge in [0.2, 0.25) is 15.9 Å². The van der Waals surface area contributed by atoms with E-state index in [-0.39, 0.29) is 0 Å². The van der Waals surface area contributed by atoms with Crippen molar-refractivity contribution in [1.82, 2.24) is 4.72 Å². The van der Waals surface area contributed by atoms with Crippen LogP contribution in [0.15, 0.2) is 47.4 Å². The first-order valence-corrected chi connectivity index (χ1v) is 8.95. The van der Waals surface area contributed by atoms with Gasteiger partial charge < -0.3 is 5.32 Å². The molecule has 0 spiro atoms. The summed E-state index contributed by atoms with van der Waals surface area (Å²) in [6.07, 6.45) is 0.822. The van der Waals surface area contributed by atoms with Crippen LogP contribution in [0.25, 0.3) is 0 Å². The van der Waals surface area contributed by atoms with Crippen LogP contribution in [0.1, 0.15) is 18.1 Å². The van der Waals surface area contributed by atoms with Crippen LogP contribution in [0.2, 0.25) is 0 Å². The minimum Gasteiger partial charge on any atom is -0.325 e. The third kappa shape index (κ3) is 4.62. The first kappa shape index (κ1) is 18.1. The van der Waals surface area contributed by atoms with Crippen molar-refractivity contribution in [2.75, 3.05) is 11.9 Å². The van der Waals surface area contributed by atoms with E-state index in [1.165, 1.54) is 12.1 Å². The van der Waals surface area contributed by atoms with E-state index in [1.807, 2.05) is 19.1 Å². The van der Waals surface area contributed by atoms with E-state index in [9.17, 15) is 17.6 Å². The lowest BCUT2D eigenvalue weighted by Gasteiger charge is -2.10. The molecular formula is C17H19FN2O3S. The molecule has 1 amide bonds. The zero-order valence-electron chi connectivity index (χ0n) is 13.5. The number of carbonyl (C=O) groups is 1. The summed E-state index contributed by atoms with van der Waals surface area (Å²) in [5.41, 5.74) is 2.24. The molecular weight excluding hydrogens is 331 g/mol. The van der Waals surface area contributed by atoms with Crippen LogP contribution >= 0.6 is 0 Å². The summed E-state index contributed by atoms with van der Waals surface area (Å²) >= 11 is 0. The molecule has 24 heavy (non-hydrogen) atoms. The van der Waals surface area contributed by atoms with Gasteiger partial charge in [-0.3, -0.25) is 4.79 Å². The first-order chi connectivity index (χ1) is 11.3.